The summed E-state index contributed by atoms with van der Waals surface area (Å²) in [5.41, 5.74) is 1.85. The highest BCUT2D eigenvalue weighted by atomic mass is 16.3. The second-order valence-electron chi connectivity index (χ2n) is 5.96. The molecule has 21 heavy (non-hydrogen) atoms. The maximum atomic E-state index is 5.86. The number of oxazole rings is 1. The molecule has 2 heterocycles. The van der Waals surface area contributed by atoms with Crippen molar-refractivity contribution in [3.8, 4) is 0 Å². The van der Waals surface area contributed by atoms with Gasteiger partial charge in [0.25, 0.3) is 0 Å². The van der Waals surface area contributed by atoms with E-state index >= 15 is 0 Å². The van der Waals surface area contributed by atoms with Crippen LogP contribution in [0.3, 0.4) is 0 Å². The average Bonchev–Trinajstić information content (AvgIpc) is 2.90. The summed E-state index contributed by atoms with van der Waals surface area (Å²) in [5.74, 6) is 0.834. The van der Waals surface area contributed by atoms with Crippen molar-refractivity contribution in [2.24, 2.45) is 0 Å². The van der Waals surface area contributed by atoms with E-state index < -0.39 is 0 Å². The van der Waals surface area contributed by atoms with Gasteiger partial charge in [-0.2, -0.15) is 0 Å². The Morgan fingerprint density at radius 3 is 3.00 bits per heavy atom. The predicted molar refractivity (Wildman–Crippen MR) is 85.2 cm³/mol. The van der Waals surface area contributed by atoms with Crippen LogP contribution >= 0.6 is 0 Å². The number of nitrogens with zero attached hydrogens (tertiary/aromatic N) is 2. The Bertz CT molecular complexity index is 527. The molecular formula is C17H25N3O. The van der Waals surface area contributed by atoms with Crippen molar-refractivity contribution in [3.05, 3.63) is 30.2 Å². The monoisotopic (exact) mass is 287 g/mol. The standard InChI is InChI=1S/C17H25N3O/c1-2-11-20(12-14-7-5-6-10-18-14)13-17-19-15-8-3-4-9-16(15)21-17/h3-4,8-9,14,18H,2,5-7,10-13H2,1H3. The zero-order valence-electron chi connectivity index (χ0n) is 12.8. The number of fused-ring (bicyclic) bond motifs is 1. The van der Waals surface area contributed by atoms with Crippen molar-refractivity contribution in [2.45, 2.75) is 45.2 Å². The Morgan fingerprint density at radius 1 is 1.33 bits per heavy atom. The van der Waals surface area contributed by atoms with Gasteiger partial charge in [0.15, 0.2) is 5.58 Å². The molecule has 1 unspecified atom stereocenters. The van der Waals surface area contributed by atoms with E-state index in [2.05, 4.69) is 22.1 Å². The number of rotatable bonds is 6. The minimum absolute atomic E-state index is 0.620. The molecule has 0 saturated carbocycles. The molecule has 4 heteroatoms. The van der Waals surface area contributed by atoms with Crippen molar-refractivity contribution in [1.82, 2.24) is 15.2 Å². The smallest absolute Gasteiger partial charge is 0.209 e. The first-order valence-corrected chi connectivity index (χ1v) is 8.15. The summed E-state index contributed by atoms with van der Waals surface area (Å²) in [6, 6.07) is 8.61. The Morgan fingerprint density at radius 2 is 2.24 bits per heavy atom. The lowest BCUT2D eigenvalue weighted by atomic mass is 10.0. The lowest BCUT2D eigenvalue weighted by Gasteiger charge is -2.29. The van der Waals surface area contributed by atoms with Crippen LogP contribution in [-0.2, 0) is 6.54 Å². The molecule has 1 fully saturated rings. The van der Waals surface area contributed by atoms with Crippen molar-refractivity contribution in [1.29, 1.82) is 0 Å². The number of aromatic nitrogens is 1. The molecular weight excluding hydrogens is 262 g/mol. The van der Waals surface area contributed by atoms with Gasteiger partial charge in [0.05, 0.1) is 6.54 Å². The molecule has 1 N–H and O–H groups in total. The van der Waals surface area contributed by atoms with Crippen LogP contribution in [0, 0.1) is 0 Å². The highest BCUT2D eigenvalue weighted by molar-refractivity contribution is 5.72. The SMILES string of the molecule is CCCN(Cc1nc2ccccc2o1)CC1CCCCN1. The highest BCUT2D eigenvalue weighted by Gasteiger charge is 2.18. The van der Waals surface area contributed by atoms with E-state index in [0.717, 1.165) is 49.6 Å². The Balaban J connectivity index is 1.65. The highest BCUT2D eigenvalue weighted by Crippen LogP contribution is 2.17. The first-order valence-electron chi connectivity index (χ1n) is 8.15. The summed E-state index contributed by atoms with van der Waals surface area (Å²) in [7, 11) is 0. The van der Waals surface area contributed by atoms with Gasteiger partial charge in [-0.3, -0.25) is 4.90 Å². The molecule has 1 atom stereocenters. The van der Waals surface area contributed by atoms with E-state index in [0.29, 0.717) is 6.04 Å². The first-order chi connectivity index (χ1) is 10.3. The van der Waals surface area contributed by atoms with E-state index in [-0.39, 0.29) is 0 Å². The van der Waals surface area contributed by atoms with Crippen molar-refractivity contribution >= 4 is 11.1 Å². The molecule has 0 radical (unpaired) electrons. The molecule has 0 spiro atoms. The summed E-state index contributed by atoms with van der Waals surface area (Å²) in [4.78, 5) is 7.07. The van der Waals surface area contributed by atoms with Gasteiger partial charge in [-0.15, -0.1) is 0 Å². The normalized spacial score (nSPS) is 19.4. The van der Waals surface area contributed by atoms with Gasteiger partial charge in [0.1, 0.15) is 5.52 Å². The Labute approximate surface area is 126 Å². The lowest BCUT2D eigenvalue weighted by Crippen LogP contribution is -2.43. The predicted octanol–water partition coefficient (Wildman–Crippen LogP) is 3.18. The van der Waals surface area contributed by atoms with Crippen LogP contribution in [0.1, 0.15) is 38.5 Å². The maximum absolute atomic E-state index is 5.86. The van der Waals surface area contributed by atoms with E-state index in [4.69, 9.17) is 4.42 Å². The second-order valence-corrected chi connectivity index (χ2v) is 5.96. The molecule has 0 amide bonds. The van der Waals surface area contributed by atoms with E-state index in [9.17, 15) is 0 Å². The fraction of sp³-hybridized carbons (Fsp3) is 0.588. The van der Waals surface area contributed by atoms with E-state index in [1.54, 1.807) is 0 Å². The molecule has 1 saturated heterocycles. The largest absolute Gasteiger partial charge is 0.439 e. The van der Waals surface area contributed by atoms with Gasteiger partial charge in [-0.05, 0) is 44.5 Å². The van der Waals surface area contributed by atoms with Crippen LogP contribution in [0.25, 0.3) is 11.1 Å². The molecule has 4 nitrogen and oxygen atoms in total. The first kappa shape index (κ1) is 14.5. The average molecular weight is 287 g/mol. The molecule has 3 rings (SSSR count). The number of nitrogens with one attached hydrogen (secondary N) is 1. The summed E-state index contributed by atoms with van der Waals surface area (Å²) >= 11 is 0. The molecule has 1 aromatic heterocycles. The van der Waals surface area contributed by atoms with Crippen LogP contribution in [-0.4, -0.2) is 35.6 Å². The fourth-order valence-electron chi connectivity index (χ4n) is 3.12. The third-order valence-electron chi connectivity index (χ3n) is 4.13. The van der Waals surface area contributed by atoms with E-state index in [1.807, 2.05) is 24.3 Å². The fourth-order valence-corrected chi connectivity index (χ4v) is 3.12. The number of benzene rings is 1. The van der Waals surface area contributed by atoms with Crippen LogP contribution in [0.5, 0.6) is 0 Å². The lowest BCUT2D eigenvalue weighted by molar-refractivity contribution is 0.202. The summed E-state index contributed by atoms with van der Waals surface area (Å²) in [5, 5.41) is 3.63. The molecule has 0 bridgehead atoms. The number of piperidine rings is 1. The van der Waals surface area contributed by atoms with Crippen LogP contribution in [0.15, 0.2) is 28.7 Å². The van der Waals surface area contributed by atoms with E-state index in [1.165, 1.54) is 19.3 Å². The molecule has 0 aliphatic carbocycles. The minimum Gasteiger partial charge on any atom is -0.439 e. The third-order valence-corrected chi connectivity index (χ3v) is 4.13. The maximum Gasteiger partial charge on any atom is 0.209 e. The van der Waals surface area contributed by atoms with Crippen molar-refractivity contribution in [2.75, 3.05) is 19.6 Å². The van der Waals surface area contributed by atoms with Crippen molar-refractivity contribution in [3.63, 3.8) is 0 Å². The molecule has 114 valence electrons. The van der Waals surface area contributed by atoms with Gasteiger partial charge in [-0.1, -0.05) is 25.5 Å². The number of para-hydroxylation sites is 2. The second kappa shape index (κ2) is 7.05. The van der Waals surface area contributed by atoms with Crippen molar-refractivity contribution < 1.29 is 4.42 Å². The van der Waals surface area contributed by atoms with Crippen LogP contribution < -0.4 is 5.32 Å². The topological polar surface area (TPSA) is 41.3 Å². The zero-order chi connectivity index (χ0) is 14.5. The van der Waals surface area contributed by atoms with Gasteiger partial charge >= 0.3 is 0 Å². The molecule has 1 aromatic carbocycles. The Hall–Kier alpha value is -1.39. The zero-order valence-corrected chi connectivity index (χ0v) is 12.8. The van der Waals surface area contributed by atoms with Gasteiger partial charge in [0.2, 0.25) is 5.89 Å². The summed E-state index contributed by atoms with van der Waals surface area (Å²) in [6.45, 7) is 6.38. The molecule has 1 aliphatic rings. The van der Waals surface area contributed by atoms with Gasteiger partial charge in [-0.25, -0.2) is 4.98 Å². The van der Waals surface area contributed by atoms with Gasteiger partial charge < -0.3 is 9.73 Å². The minimum atomic E-state index is 0.620. The third kappa shape index (κ3) is 3.83. The number of hydrogen-bond acceptors (Lipinski definition) is 4. The van der Waals surface area contributed by atoms with Crippen LogP contribution in [0.4, 0.5) is 0 Å². The molecule has 2 aromatic rings. The number of hydrogen-bond donors (Lipinski definition) is 1. The summed E-state index contributed by atoms with van der Waals surface area (Å²) in [6.07, 6.45) is 5.11. The quantitative estimate of drug-likeness (QED) is 0.886. The Kier molecular flexibility index (Phi) is 4.88. The van der Waals surface area contributed by atoms with Crippen LogP contribution in [0.2, 0.25) is 0 Å². The van der Waals surface area contributed by atoms with Gasteiger partial charge in [0, 0.05) is 12.6 Å². The molecule has 1 aliphatic heterocycles. The summed E-state index contributed by atoms with van der Waals surface area (Å²) < 4.78 is 5.86.